The fraction of sp³-hybridized carbons (Fsp3) is 0.133. The first-order chi connectivity index (χ1) is 10.1. The van der Waals surface area contributed by atoms with Gasteiger partial charge in [-0.1, -0.05) is 41.4 Å². The van der Waals surface area contributed by atoms with Gasteiger partial charge in [0.2, 0.25) is 0 Å². The number of amides is 2. The quantitative estimate of drug-likeness (QED) is 0.879. The summed E-state index contributed by atoms with van der Waals surface area (Å²) in [5, 5.41) is 6.34. The lowest BCUT2D eigenvalue weighted by Crippen LogP contribution is -2.28. The third kappa shape index (κ3) is 4.55. The molecule has 0 radical (unpaired) electrons. The van der Waals surface area contributed by atoms with E-state index in [-0.39, 0.29) is 6.03 Å². The van der Waals surface area contributed by atoms with Crippen molar-refractivity contribution in [2.75, 3.05) is 12.4 Å². The predicted molar refractivity (Wildman–Crippen MR) is 85.3 cm³/mol. The van der Waals surface area contributed by atoms with Crippen LogP contribution in [0, 0.1) is 0 Å². The molecule has 0 saturated heterocycles. The van der Waals surface area contributed by atoms with Crippen LogP contribution in [0.15, 0.2) is 42.5 Å². The summed E-state index contributed by atoms with van der Waals surface area (Å²) in [5.74, 6) is 0.726. The molecule has 0 heterocycles. The number of ether oxygens (including phenoxy) is 1. The van der Waals surface area contributed by atoms with Gasteiger partial charge in [-0.05, 0) is 24.3 Å². The SMILES string of the molecule is COc1ccccc1CNC(=O)Nc1cc(Cl)cc(Cl)c1. The van der Waals surface area contributed by atoms with Gasteiger partial charge in [0.25, 0.3) is 0 Å². The van der Waals surface area contributed by atoms with Crippen molar-refractivity contribution in [3.05, 3.63) is 58.1 Å². The molecule has 0 saturated carbocycles. The van der Waals surface area contributed by atoms with E-state index < -0.39 is 0 Å². The Balaban J connectivity index is 1.96. The van der Waals surface area contributed by atoms with E-state index in [1.165, 1.54) is 0 Å². The zero-order valence-electron chi connectivity index (χ0n) is 11.3. The number of methoxy groups -OCH3 is 1. The highest BCUT2D eigenvalue weighted by Crippen LogP contribution is 2.22. The van der Waals surface area contributed by atoms with Crippen LogP contribution >= 0.6 is 23.2 Å². The van der Waals surface area contributed by atoms with Crippen LogP contribution in [0.25, 0.3) is 0 Å². The molecule has 0 bridgehead atoms. The molecule has 21 heavy (non-hydrogen) atoms. The highest BCUT2D eigenvalue weighted by molar-refractivity contribution is 6.35. The zero-order valence-corrected chi connectivity index (χ0v) is 12.8. The Morgan fingerprint density at radius 3 is 2.48 bits per heavy atom. The van der Waals surface area contributed by atoms with Crippen molar-refractivity contribution in [1.82, 2.24) is 5.32 Å². The number of anilines is 1. The number of hydrogen-bond acceptors (Lipinski definition) is 2. The lowest BCUT2D eigenvalue weighted by atomic mass is 10.2. The van der Waals surface area contributed by atoms with Crippen molar-refractivity contribution >= 4 is 34.9 Å². The van der Waals surface area contributed by atoms with Crippen LogP contribution in [-0.4, -0.2) is 13.1 Å². The van der Waals surface area contributed by atoms with Crippen molar-refractivity contribution < 1.29 is 9.53 Å². The number of halogens is 2. The Hall–Kier alpha value is -1.91. The topological polar surface area (TPSA) is 50.4 Å². The second kappa shape index (κ2) is 7.20. The molecule has 0 aliphatic heterocycles. The highest BCUT2D eigenvalue weighted by atomic mass is 35.5. The Bertz CT molecular complexity index is 627. The first kappa shape index (κ1) is 15.5. The fourth-order valence-electron chi connectivity index (χ4n) is 1.83. The third-order valence-corrected chi connectivity index (χ3v) is 3.19. The number of hydrogen-bond donors (Lipinski definition) is 2. The maximum absolute atomic E-state index is 11.9. The minimum atomic E-state index is -0.348. The van der Waals surface area contributed by atoms with Gasteiger partial charge in [-0.15, -0.1) is 0 Å². The molecule has 0 unspecified atom stereocenters. The average molecular weight is 325 g/mol. The van der Waals surface area contributed by atoms with Crippen molar-refractivity contribution in [1.29, 1.82) is 0 Å². The maximum atomic E-state index is 11.9. The summed E-state index contributed by atoms with van der Waals surface area (Å²) in [5.41, 5.74) is 1.42. The second-order valence-electron chi connectivity index (χ2n) is 4.28. The first-order valence-corrected chi connectivity index (χ1v) is 6.97. The molecule has 0 spiro atoms. The van der Waals surface area contributed by atoms with E-state index in [0.717, 1.165) is 11.3 Å². The average Bonchev–Trinajstić information content (AvgIpc) is 2.44. The lowest BCUT2D eigenvalue weighted by molar-refractivity contribution is 0.251. The van der Waals surface area contributed by atoms with Gasteiger partial charge >= 0.3 is 6.03 Å². The third-order valence-electron chi connectivity index (χ3n) is 2.75. The molecular formula is C15H14Cl2N2O2. The van der Waals surface area contributed by atoms with Crippen LogP contribution in [0.3, 0.4) is 0 Å². The Kier molecular flexibility index (Phi) is 5.31. The smallest absolute Gasteiger partial charge is 0.319 e. The first-order valence-electron chi connectivity index (χ1n) is 6.21. The van der Waals surface area contributed by atoms with Gasteiger partial charge in [0.05, 0.1) is 7.11 Å². The summed E-state index contributed by atoms with van der Waals surface area (Å²) in [6.45, 7) is 0.351. The van der Waals surface area contributed by atoms with E-state index >= 15 is 0 Å². The Labute approximate surface area is 133 Å². The van der Waals surface area contributed by atoms with Gasteiger partial charge in [0.1, 0.15) is 5.75 Å². The summed E-state index contributed by atoms with van der Waals surface area (Å²) in [7, 11) is 1.59. The standard InChI is InChI=1S/C15H14Cl2N2O2/c1-21-14-5-3-2-4-10(14)9-18-15(20)19-13-7-11(16)6-12(17)8-13/h2-8H,9H2,1H3,(H2,18,19,20). The van der Waals surface area contributed by atoms with Crippen LogP contribution < -0.4 is 15.4 Å². The fourth-order valence-corrected chi connectivity index (χ4v) is 2.35. The number of para-hydroxylation sites is 1. The number of carbonyl (C=O) groups excluding carboxylic acids is 1. The molecule has 0 aliphatic carbocycles. The molecule has 0 aliphatic rings. The molecule has 4 nitrogen and oxygen atoms in total. The Morgan fingerprint density at radius 2 is 1.81 bits per heavy atom. The highest BCUT2D eigenvalue weighted by Gasteiger charge is 2.06. The molecule has 110 valence electrons. The van der Waals surface area contributed by atoms with Crippen molar-refractivity contribution in [3.8, 4) is 5.75 Å². The maximum Gasteiger partial charge on any atom is 0.319 e. The van der Waals surface area contributed by atoms with Gasteiger partial charge in [-0.2, -0.15) is 0 Å². The van der Waals surface area contributed by atoms with Crippen LogP contribution in [-0.2, 0) is 6.54 Å². The van der Waals surface area contributed by atoms with Crippen LogP contribution in [0.5, 0.6) is 5.75 Å². The lowest BCUT2D eigenvalue weighted by Gasteiger charge is -2.11. The molecular weight excluding hydrogens is 311 g/mol. The van der Waals surface area contributed by atoms with Crippen molar-refractivity contribution in [3.63, 3.8) is 0 Å². The van der Waals surface area contributed by atoms with Gasteiger partial charge in [-0.3, -0.25) is 0 Å². The molecule has 0 aromatic heterocycles. The number of rotatable bonds is 4. The van der Waals surface area contributed by atoms with Gasteiger partial charge in [-0.25, -0.2) is 4.79 Å². The molecule has 6 heteroatoms. The van der Waals surface area contributed by atoms with Crippen LogP contribution in [0.4, 0.5) is 10.5 Å². The Morgan fingerprint density at radius 1 is 1.14 bits per heavy atom. The van der Waals surface area contributed by atoms with Gasteiger partial charge in [0, 0.05) is 27.8 Å². The summed E-state index contributed by atoms with van der Waals surface area (Å²) in [6, 6.07) is 12.0. The van der Waals surface area contributed by atoms with E-state index in [2.05, 4.69) is 10.6 Å². The zero-order chi connectivity index (χ0) is 15.2. The van der Waals surface area contributed by atoms with Crippen LogP contribution in [0.2, 0.25) is 10.0 Å². The summed E-state index contributed by atoms with van der Waals surface area (Å²) in [6.07, 6.45) is 0. The summed E-state index contributed by atoms with van der Waals surface area (Å²) in [4.78, 5) is 11.9. The van der Waals surface area contributed by atoms with Gasteiger partial charge in [0.15, 0.2) is 0 Å². The van der Waals surface area contributed by atoms with E-state index in [9.17, 15) is 4.79 Å². The second-order valence-corrected chi connectivity index (χ2v) is 5.15. The normalized spacial score (nSPS) is 10.0. The monoisotopic (exact) mass is 324 g/mol. The van der Waals surface area contributed by atoms with Crippen molar-refractivity contribution in [2.24, 2.45) is 0 Å². The molecule has 2 rings (SSSR count). The van der Waals surface area contributed by atoms with E-state index in [0.29, 0.717) is 22.3 Å². The molecule has 2 aromatic rings. The minimum absolute atomic E-state index is 0.348. The number of urea groups is 1. The summed E-state index contributed by atoms with van der Waals surface area (Å²) >= 11 is 11.7. The largest absolute Gasteiger partial charge is 0.496 e. The molecule has 0 atom stereocenters. The van der Waals surface area contributed by atoms with E-state index in [1.54, 1.807) is 25.3 Å². The minimum Gasteiger partial charge on any atom is -0.496 e. The summed E-state index contributed by atoms with van der Waals surface area (Å²) < 4.78 is 5.22. The van der Waals surface area contributed by atoms with Crippen molar-refractivity contribution in [2.45, 2.75) is 6.54 Å². The van der Waals surface area contributed by atoms with E-state index in [1.807, 2.05) is 24.3 Å². The number of benzene rings is 2. The van der Waals surface area contributed by atoms with Gasteiger partial charge < -0.3 is 15.4 Å². The molecule has 2 amide bonds. The molecule has 0 fully saturated rings. The predicted octanol–water partition coefficient (Wildman–Crippen LogP) is 4.32. The number of carbonyl (C=O) groups is 1. The van der Waals surface area contributed by atoms with E-state index in [4.69, 9.17) is 27.9 Å². The molecule has 2 aromatic carbocycles. The van der Waals surface area contributed by atoms with Crippen LogP contribution in [0.1, 0.15) is 5.56 Å². The number of nitrogens with one attached hydrogen (secondary N) is 2. The molecule has 2 N–H and O–H groups in total.